The second kappa shape index (κ2) is 4.33. The molecule has 4 nitrogen and oxygen atoms in total. The topological polar surface area (TPSA) is 55.0 Å². The van der Waals surface area contributed by atoms with Crippen LogP contribution in [-0.4, -0.2) is 22.6 Å². The zero-order valence-electron chi connectivity index (χ0n) is 9.77. The lowest BCUT2D eigenvalue weighted by molar-refractivity contribution is 0.361. The van der Waals surface area contributed by atoms with Crippen molar-refractivity contribution < 1.29 is 0 Å². The van der Waals surface area contributed by atoms with Gasteiger partial charge in [-0.25, -0.2) is 4.98 Å². The average molecular weight is 253 g/mol. The molecule has 0 aromatic carbocycles. The maximum Gasteiger partial charge on any atom is 0.224 e. The van der Waals surface area contributed by atoms with Crippen molar-refractivity contribution >= 4 is 23.1 Å². The zero-order valence-corrected chi connectivity index (χ0v) is 10.5. The van der Waals surface area contributed by atoms with Crippen molar-refractivity contribution in [1.29, 1.82) is 0 Å². The number of nitrogens with two attached hydrogens (primary N) is 1. The molecule has 3 rings (SSSR count). The van der Waals surface area contributed by atoms with Crippen molar-refractivity contribution in [1.82, 2.24) is 9.97 Å². The van der Waals surface area contributed by atoms with Gasteiger partial charge in [-0.15, -0.1) is 0 Å². The van der Waals surface area contributed by atoms with Gasteiger partial charge in [-0.3, -0.25) is 0 Å². The monoisotopic (exact) mass is 252 g/mol. The fraction of sp³-hybridized carbons (Fsp3) is 0.667. The minimum atomic E-state index is 0.286. The molecule has 1 saturated carbocycles. The number of fused-ring (bicyclic) bond motifs is 1. The number of nitrogens with zero attached hydrogens (tertiary/aromatic N) is 3. The summed E-state index contributed by atoms with van der Waals surface area (Å²) in [4.78, 5) is 10.6. The molecule has 1 aromatic heterocycles. The summed E-state index contributed by atoms with van der Waals surface area (Å²) < 4.78 is 0. The lowest BCUT2D eigenvalue weighted by atomic mass is 9.92. The maximum atomic E-state index is 5.98. The molecule has 0 amide bonds. The molecule has 1 aromatic rings. The van der Waals surface area contributed by atoms with Gasteiger partial charge in [-0.1, -0.05) is 6.42 Å². The highest BCUT2D eigenvalue weighted by Crippen LogP contribution is 2.39. The number of hydrogen-bond acceptors (Lipinski definition) is 4. The van der Waals surface area contributed by atoms with Crippen molar-refractivity contribution in [3.63, 3.8) is 0 Å². The summed E-state index contributed by atoms with van der Waals surface area (Å²) in [6, 6.07) is 0.608. The first-order chi connectivity index (χ1) is 8.25. The predicted octanol–water partition coefficient (Wildman–Crippen LogP) is 2.48. The molecule has 92 valence electrons. The van der Waals surface area contributed by atoms with E-state index in [0.717, 1.165) is 18.3 Å². The number of hydrogen-bond donors (Lipinski definition) is 1. The Morgan fingerprint density at radius 1 is 1.29 bits per heavy atom. The molecular weight excluding hydrogens is 236 g/mol. The lowest BCUT2D eigenvalue weighted by Crippen LogP contribution is -2.43. The summed E-state index contributed by atoms with van der Waals surface area (Å²) in [6.07, 6.45) is 8.11. The summed E-state index contributed by atoms with van der Waals surface area (Å²) in [6.45, 7) is 1.04. The third kappa shape index (κ3) is 1.95. The Hall–Kier alpha value is -1.03. The first-order valence-corrected chi connectivity index (χ1v) is 6.68. The Bertz CT molecular complexity index is 423. The third-order valence-electron chi connectivity index (χ3n) is 4.03. The van der Waals surface area contributed by atoms with E-state index in [0.29, 0.717) is 11.7 Å². The van der Waals surface area contributed by atoms with Gasteiger partial charge in [-0.2, -0.15) is 4.98 Å². The van der Waals surface area contributed by atoms with Crippen molar-refractivity contribution in [2.24, 2.45) is 5.92 Å². The zero-order chi connectivity index (χ0) is 11.8. The SMILES string of the molecule is Nc1cnc(Cl)nc1N1CCCC2CCCC21. The first kappa shape index (κ1) is 11.1. The quantitative estimate of drug-likeness (QED) is 0.781. The van der Waals surface area contributed by atoms with Crippen LogP contribution in [0.25, 0.3) is 0 Å². The Morgan fingerprint density at radius 3 is 3.00 bits per heavy atom. The van der Waals surface area contributed by atoms with Crippen molar-refractivity contribution in [3.8, 4) is 0 Å². The van der Waals surface area contributed by atoms with E-state index in [9.17, 15) is 0 Å². The molecule has 0 radical (unpaired) electrons. The van der Waals surface area contributed by atoms with Crippen LogP contribution in [0.4, 0.5) is 11.5 Å². The number of rotatable bonds is 1. The van der Waals surface area contributed by atoms with Crippen LogP contribution in [0, 0.1) is 5.92 Å². The second-order valence-corrected chi connectivity index (χ2v) is 5.35. The van der Waals surface area contributed by atoms with E-state index in [4.69, 9.17) is 17.3 Å². The molecule has 1 aliphatic carbocycles. The molecule has 0 spiro atoms. The van der Waals surface area contributed by atoms with Crippen molar-refractivity contribution in [2.45, 2.75) is 38.1 Å². The summed E-state index contributed by atoms with van der Waals surface area (Å²) in [5.74, 6) is 1.65. The number of anilines is 2. The molecule has 2 aliphatic rings. The number of aromatic nitrogens is 2. The van der Waals surface area contributed by atoms with Gasteiger partial charge in [-0.05, 0) is 43.2 Å². The fourth-order valence-corrected chi connectivity index (χ4v) is 3.44. The van der Waals surface area contributed by atoms with Crippen LogP contribution in [0.15, 0.2) is 6.20 Å². The van der Waals surface area contributed by atoms with Crippen LogP contribution >= 0.6 is 11.6 Å². The normalized spacial score (nSPS) is 28.2. The largest absolute Gasteiger partial charge is 0.394 e. The molecule has 5 heteroatoms. The fourth-order valence-electron chi connectivity index (χ4n) is 3.31. The summed E-state index contributed by atoms with van der Waals surface area (Å²) >= 11 is 5.87. The number of piperidine rings is 1. The van der Waals surface area contributed by atoms with E-state index in [-0.39, 0.29) is 5.28 Å². The van der Waals surface area contributed by atoms with Crippen LogP contribution in [0.2, 0.25) is 5.28 Å². The van der Waals surface area contributed by atoms with Crippen molar-refractivity contribution in [2.75, 3.05) is 17.2 Å². The Balaban J connectivity index is 1.94. The molecular formula is C12H17ClN4. The summed E-state index contributed by atoms with van der Waals surface area (Å²) in [5, 5.41) is 0.286. The molecule has 1 aliphatic heterocycles. The van der Waals surface area contributed by atoms with E-state index < -0.39 is 0 Å². The van der Waals surface area contributed by atoms with Crippen LogP contribution in [0.1, 0.15) is 32.1 Å². The van der Waals surface area contributed by atoms with Crippen LogP contribution in [-0.2, 0) is 0 Å². The van der Waals surface area contributed by atoms with Gasteiger partial charge in [0.1, 0.15) is 0 Å². The molecule has 2 fully saturated rings. The molecule has 0 bridgehead atoms. The van der Waals surface area contributed by atoms with Crippen LogP contribution in [0.3, 0.4) is 0 Å². The highest BCUT2D eigenvalue weighted by Gasteiger charge is 2.36. The van der Waals surface area contributed by atoms with Gasteiger partial charge in [0.25, 0.3) is 0 Å². The van der Waals surface area contributed by atoms with Crippen LogP contribution < -0.4 is 10.6 Å². The minimum Gasteiger partial charge on any atom is -0.394 e. The Labute approximate surface area is 106 Å². The Kier molecular flexibility index (Phi) is 2.82. The van der Waals surface area contributed by atoms with Gasteiger partial charge in [0.05, 0.1) is 11.9 Å². The molecule has 2 N–H and O–H groups in total. The van der Waals surface area contributed by atoms with Gasteiger partial charge in [0, 0.05) is 12.6 Å². The van der Waals surface area contributed by atoms with Gasteiger partial charge in [0.15, 0.2) is 5.82 Å². The standard InChI is InChI=1S/C12H17ClN4/c13-12-15-7-9(14)11(16-12)17-6-2-4-8-3-1-5-10(8)17/h7-8,10H,1-6,14H2. The molecule has 17 heavy (non-hydrogen) atoms. The number of nitrogen functional groups attached to an aromatic ring is 1. The van der Waals surface area contributed by atoms with Crippen LogP contribution in [0.5, 0.6) is 0 Å². The predicted molar refractivity (Wildman–Crippen MR) is 69.2 cm³/mol. The maximum absolute atomic E-state index is 5.98. The lowest BCUT2D eigenvalue weighted by Gasteiger charge is -2.39. The van der Waals surface area contributed by atoms with Gasteiger partial charge >= 0.3 is 0 Å². The minimum absolute atomic E-state index is 0.286. The highest BCUT2D eigenvalue weighted by molar-refractivity contribution is 6.28. The molecule has 2 unspecified atom stereocenters. The van der Waals surface area contributed by atoms with E-state index in [1.165, 1.54) is 32.1 Å². The first-order valence-electron chi connectivity index (χ1n) is 6.30. The van der Waals surface area contributed by atoms with E-state index in [1.54, 1.807) is 6.20 Å². The highest BCUT2D eigenvalue weighted by atomic mass is 35.5. The van der Waals surface area contributed by atoms with Crippen molar-refractivity contribution in [3.05, 3.63) is 11.5 Å². The van der Waals surface area contributed by atoms with Gasteiger partial charge in [0.2, 0.25) is 5.28 Å². The molecule has 2 heterocycles. The van der Waals surface area contributed by atoms with Gasteiger partial charge < -0.3 is 10.6 Å². The Morgan fingerprint density at radius 2 is 2.12 bits per heavy atom. The van der Waals surface area contributed by atoms with E-state index >= 15 is 0 Å². The van der Waals surface area contributed by atoms with E-state index in [1.807, 2.05) is 0 Å². The summed E-state index contributed by atoms with van der Waals surface area (Å²) in [5.41, 5.74) is 6.62. The third-order valence-corrected chi connectivity index (χ3v) is 4.21. The molecule has 1 saturated heterocycles. The second-order valence-electron chi connectivity index (χ2n) is 5.01. The number of halogens is 1. The molecule has 2 atom stereocenters. The van der Waals surface area contributed by atoms with E-state index in [2.05, 4.69) is 14.9 Å². The summed E-state index contributed by atoms with van der Waals surface area (Å²) in [7, 11) is 0. The smallest absolute Gasteiger partial charge is 0.224 e. The average Bonchev–Trinajstić information content (AvgIpc) is 2.80.